The molecule has 0 bridgehead atoms. The first kappa shape index (κ1) is 20.3. The lowest BCUT2D eigenvalue weighted by atomic mass is 9.95. The summed E-state index contributed by atoms with van der Waals surface area (Å²) >= 11 is 0. The number of aliphatic hydroxyl groups excluding tert-OH is 1. The van der Waals surface area contributed by atoms with Gasteiger partial charge in [0.2, 0.25) is 0 Å². The molecule has 1 saturated heterocycles. The highest BCUT2D eigenvalue weighted by Gasteiger charge is 2.45. The second-order valence-corrected chi connectivity index (χ2v) is 6.91. The average Bonchev–Trinajstić information content (AvgIpc) is 2.93. The van der Waals surface area contributed by atoms with Crippen LogP contribution in [0.5, 0.6) is 0 Å². The van der Waals surface area contributed by atoms with Crippen LogP contribution < -0.4 is 0 Å². The SMILES string of the molecule is Cc1ccc(/C(O)=C2/C(=O)C(=O)N(CCCC(=O)O)C2c2ccc(F)cc2)cc1. The molecule has 3 rings (SSSR count). The van der Waals surface area contributed by atoms with E-state index in [9.17, 15) is 23.9 Å². The maximum atomic E-state index is 13.4. The van der Waals surface area contributed by atoms with Gasteiger partial charge in [-0.2, -0.15) is 0 Å². The van der Waals surface area contributed by atoms with Crippen LogP contribution in [0.3, 0.4) is 0 Å². The molecule has 1 amide bonds. The zero-order valence-electron chi connectivity index (χ0n) is 15.8. The molecule has 29 heavy (non-hydrogen) atoms. The topological polar surface area (TPSA) is 94.9 Å². The summed E-state index contributed by atoms with van der Waals surface area (Å²) in [6.45, 7) is 1.90. The van der Waals surface area contributed by atoms with Crippen molar-refractivity contribution in [1.82, 2.24) is 4.90 Å². The highest BCUT2D eigenvalue weighted by atomic mass is 19.1. The number of aliphatic hydroxyl groups is 1. The number of carbonyl (C=O) groups excluding carboxylic acids is 2. The Kier molecular flexibility index (Phi) is 5.77. The van der Waals surface area contributed by atoms with Gasteiger partial charge in [0, 0.05) is 18.5 Å². The smallest absolute Gasteiger partial charge is 0.303 e. The third-order valence-electron chi connectivity index (χ3n) is 4.84. The van der Waals surface area contributed by atoms with E-state index in [2.05, 4.69) is 0 Å². The van der Waals surface area contributed by atoms with Gasteiger partial charge in [0.15, 0.2) is 0 Å². The molecule has 2 aromatic rings. The van der Waals surface area contributed by atoms with E-state index >= 15 is 0 Å². The Morgan fingerprint density at radius 3 is 2.24 bits per heavy atom. The van der Waals surface area contributed by atoms with Crippen LogP contribution in [0.1, 0.15) is 35.6 Å². The summed E-state index contributed by atoms with van der Waals surface area (Å²) in [6.07, 6.45) is -0.0261. The van der Waals surface area contributed by atoms with Gasteiger partial charge in [0.25, 0.3) is 11.7 Å². The Morgan fingerprint density at radius 2 is 1.66 bits per heavy atom. The van der Waals surface area contributed by atoms with Crippen LogP contribution in [-0.4, -0.2) is 39.3 Å². The number of hydrogen-bond donors (Lipinski definition) is 2. The number of carboxylic acids is 1. The third-order valence-corrected chi connectivity index (χ3v) is 4.84. The number of ketones is 1. The number of nitrogens with zero attached hydrogens (tertiary/aromatic N) is 1. The number of aliphatic carboxylic acids is 1. The zero-order chi connectivity index (χ0) is 21.1. The maximum Gasteiger partial charge on any atom is 0.303 e. The molecule has 6 nitrogen and oxygen atoms in total. The van der Waals surface area contributed by atoms with E-state index in [0.717, 1.165) is 5.56 Å². The quantitative estimate of drug-likeness (QED) is 0.442. The summed E-state index contributed by atoms with van der Waals surface area (Å²) in [5, 5.41) is 19.7. The van der Waals surface area contributed by atoms with E-state index in [4.69, 9.17) is 5.11 Å². The van der Waals surface area contributed by atoms with Crippen LogP contribution in [-0.2, 0) is 14.4 Å². The molecule has 1 unspecified atom stereocenters. The Balaban J connectivity index is 2.08. The molecule has 1 aliphatic rings. The Hall–Kier alpha value is -3.48. The lowest BCUT2D eigenvalue weighted by molar-refractivity contribution is -0.140. The van der Waals surface area contributed by atoms with Crippen LogP contribution in [0, 0.1) is 12.7 Å². The van der Waals surface area contributed by atoms with E-state index in [1.165, 1.54) is 29.2 Å². The molecule has 7 heteroatoms. The first-order valence-corrected chi connectivity index (χ1v) is 9.12. The second kappa shape index (κ2) is 8.26. The van der Waals surface area contributed by atoms with Gasteiger partial charge in [-0.25, -0.2) is 4.39 Å². The van der Waals surface area contributed by atoms with E-state index in [-0.39, 0.29) is 30.7 Å². The molecule has 0 radical (unpaired) electrons. The number of amides is 1. The van der Waals surface area contributed by atoms with Crippen LogP contribution in [0.2, 0.25) is 0 Å². The molecule has 2 aromatic carbocycles. The molecule has 1 aliphatic heterocycles. The van der Waals surface area contributed by atoms with Gasteiger partial charge in [0.1, 0.15) is 11.6 Å². The van der Waals surface area contributed by atoms with Crippen molar-refractivity contribution in [3.63, 3.8) is 0 Å². The van der Waals surface area contributed by atoms with Crippen molar-refractivity contribution in [2.24, 2.45) is 0 Å². The highest BCUT2D eigenvalue weighted by molar-refractivity contribution is 6.46. The number of benzene rings is 2. The second-order valence-electron chi connectivity index (χ2n) is 6.91. The summed E-state index contributed by atoms with van der Waals surface area (Å²) in [6, 6.07) is 11.2. The third kappa shape index (κ3) is 4.18. The summed E-state index contributed by atoms with van der Waals surface area (Å²) < 4.78 is 13.4. The van der Waals surface area contributed by atoms with Crippen molar-refractivity contribution < 1.29 is 29.0 Å². The predicted octanol–water partition coefficient (Wildman–Crippen LogP) is 3.42. The molecule has 0 aliphatic carbocycles. The first-order chi connectivity index (χ1) is 13.8. The minimum absolute atomic E-state index is 0.0175. The number of halogens is 1. The first-order valence-electron chi connectivity index (χ1n) is 9.12. The van der Waals surface area contributed by atoms with Crippen molar-refractivity contribution in [3.05, 3.63) is 76.6 Å². The fourth-order valence-electron chi connectivity index (χ4n) is 3.37. The molecule has 0 saturated carbocycles. The average molecular weight is 397 g/mol. The Labute approximate surface area is 166 Å². The predicted molar refractivity (Wildman–Crippen MR) is 103 cm³/mol. The molecule has 0 aromatic heterocycles. The number of rotatable bonds is 6. The largest absolute Gasteiger partial charge is 0.507 e. The van der Waals surface area contributed by atoms with E-state index in [1.807, 2.05) is 6.92 Å². The molecule has 1 fully saturated rings. The molecule has 2 N–H and O–H groups in total. The summed E-state index contributed by atoms with van der Waals surface area (Å²) in [4.78, 5) is 37.5. The highest BCUT2D eigenvalue weighted by Crippen LogP contribution is 2.39. The van der Waals surface area contributed by atoms with Crippen molar-refractivity contribution in [3.8, 4) is 0 Å². The van der Waals surface area contributed by atoms with Gasteiger partial charge in [0.05, 0.1) is 11.6 Å². The van der Waals surface area contributed by atoms with Gasteiger partial charge in [-0.05, 0) is 31.0 Å². The number of aryl methyl sites for hydroxylation is 1. The van der Waals surface area contributed by atoms with E-state index in [1.54, 1.807) is 24.3 Å². The van der Waals surface area contributed by atoms with Crippen molar-refractivity contribution >= 4 is 23.4 Å². The van der Waals surface area contributed by atoms with Gasteiger partial charge in [-0.1, -0.05) is 42.0 Å². The number of carbonyl (C=O) groups is 3. The minimum atomic E-state index is -1.01. The molecular weight excluding hydrogens is 377 g/mol. The Morgan fingerprint density at radius 1 is 1.03 bits per heavy atom. The van der Waals surface area contributed by atoms with Gasteiger partial charge >= 0.3 is 5.97 Å². The molecular formula is C22H20FNO5. The van der Waals surface area contributed by atoms with Gasteiger partial charge in [-0.3, -0.25) is 14.4 Å². The zero-order valence-corrected chi connectivity index (χ0v) is 15.8. The van der Waals surface area contributed by atoms with Crippen molar-refractivity contribution in [1.29, 1.82) is 0 Å². The monoisotopic (exact) mass is 397 g/mol. The lowest BCUT2D eigenvalue weighted by Crippen LogP contribution is -2.31. The fraction of sp³-hybridized carbons (Fsp3) is 0.227. The van der Waals surface area contributed by atoms with E-state index in [0.29, 0.717) is 11.1 Å². The fourth-order valence-corrected chi connectivity index (χ4v) is 3.37. The number of Topliss-reactive ketones (excluding diaryl/α,β-unsaturated/α-hetero) is 1. The molecule has 0 spiro atoms. The van der Waals surface area contributed by atoms with Crippen LogP contribution in [0.4, 0.5) is 4.39 Å². The van der Waals surface area contributed by atoms with Crippen molar-refractivity contribution in [2.75, 3.05) is 6.54 Å². The standard InChI is InChI=1S/C22H20FNO5/c1-13-4-6-15(7-5-13)20(27)18-19(14-8-10-16(23)11-9-14)24(22(29)21(18)28)12-2-3-17(25)26/h4-11,19,27H,2-3,12H2,1H3,(H,25,26)/b20-18-. The number of carboxylic acid groups (broad SMARTS) is 1. The van der Waals surface area contributed by atoms with Crippen molar-refractivity contribution in [2.45, 2.75) is 25.8 Å². The minimum Gasteiger partial charge on any atom is -0.507 e. The van der Waals surface area contributed by atoms with Gasteiger partial charge in [-0.15, -0.1) is 0 Å². The summed E-state index contributed by atoms with van der Waals surface area (Å²) in [7, 11) is 0. The number of hydrogen-bond acceptors (Lipinski definition) is 4. The van der Waals surface area contributed by atoms with Crippen LogP contribution in [0.25, 0.3) is 5.76 Å². The van der Waals surface area contributed by atoms with Gasteiger partial charge < -0.3 is 15.1 Å². The van der Waals surface area contributed by atoms with E-state index < -0.39 is 29.5 Å². The van der Waals surface area contributed by atoms with Crippen LogP contribution in [0.15, 0.2) is 54.1 Å². The molecule has 1 atom stereocenters. The molecule has 1 heterocycles. The number of likely N-dealkylation sites (tertiary alicyclic amines) is 1. The lowest BCUT2D eigenvalue weighted by Gasteiger charge is -2.25. The summed E-state index contributed by atoms with van der Waals surface area (Å²) in [5.74, 6) is -3.49. The molecule has 150 valence electrons. The summed E-state index contributed by atoms with van der Waals surface area (Å²) in [5.41, 5.74) is 1.70. The maximum absolute atomic E-state index is 13.4. The normalized spacial score (nSPS) is 18.3. The Bertz CT molecular complexity index is 979. The van der Waals surface area contributed by atoms with Crippen LogP contribution >= 0.6 is 0 Å².